The van der Waals surface area contributed by atoms with Crippen LogP contribution < -0.4 is 0 Å². The summed E-state index contributed by atoms with van der Waals surface area (Å²) in [6, 6.07) is 15.4. The van der Waals surface area contributed by atoms with Crippen LogP contribution in [0.25, 0.3) is 0 Å². The van der Waals surface area contributed by atoms with Crippen molar-refractivity contribution in [2.45, 2.75) is 18.2 Å². The van der Waals surface area contributed by atoms with Gasteiger partial charge in [0.2, 0.25) is 5.60 Å². The molecule has 2 aromatic rings. The standard InChI is InChI=1S/C16H12F3NO2/c17-16(18,19)15(13-9-5-2-6-10-13)11-14(20(21)22-15)12-7-3-1-4-8-12/h1-10H,11H2/t15-/m1/s1. The largest absolute Gasteiger partial charge is 0.413 e. The van der Waals surface area contributed by atoms with Crippen molar-refractivity contribution in [3.63, 3.8) is 0 Å². The zero-order valence-corrected chi connectivity index (χ0v) is 11.4. The monoisotopic (exact) mass is 307 g/mol. The van der Waals surface area contributed by atoms with Gasteiger partial charge in [0.25, 0.3) is 5.71 Å². The molecule has 0 saturated carbocycles. The van der Waals surface area contributed by atoms with E-state index in [9.17, 15) is 18.4 Å². The van der Waals surface area contributed by atoms with E-state index in [1.807, 2.05) is 0 Å². The Balaban J connectivity index is 2.07. The molecule has 0 radical (unpaired) electrons. The van der Waals surface area contributed by atoms with Crippen LogP contribution >= 0.6 is 0 Å². The van der Waals surface area contributed by atoms with Crippen molar-refractivity contribution in [1.82, 2.24) is 0 Å². The minimum Gasteiger partial charge on any atom is -0.381 e. The molecule has 0 aromatic heterocycles. The molecule has 1 atom stereocenters. The molecule has 3 nitrogen and oxygen atoms in total. The van der Waals surface area contributed by atoms with Gasteiger partial charge in [0, 0.05) is 10.5 Å². The highest BCUT2D eigenvalue weighted by molar-refractivity contribution is 5.98. The molecule has 0 fully saturated rings. The lowest BCUT2D eigenvalue weighted by Crippen LogP contribution is -2.43. The third-order valence-electron chi connectivity index (χ3n) is 3.68. The summed E-state index contributed by atoms with van der Waals surface area (Å²) in [5, 5.41) is 12.0. The van der Waals surface area contributed by atoms with E-state index in [2.05, 4.69) is 0 Å². The maximum Gasteiger partial charge on any atom is 0.413 e. The average Bonchev–Trinajstić information content (AvgIpc) is 2.88. The summed E-state index contributed by atoms with van der Waals surface area (Å²) >= 11 is 0. The van der Waals surface area contributed by atoms with E-state index in [0.29, 0.717) is 5.56 Å². The lowest BCUT2D eigenvalue weighted by Gasteiger charge is -2.32. The van der Waals surface area contributed by atoms with Gasteiger partial charge in [0.15, 0.2) is 0 Å². The van der Waals surface area contributed by atoms with Crippen molar-refractivity contribution in [2.24, 2.45) is 0 Å². The topological polar surface area (TPSA) is 35.3 Å². The molecule has 6 heteroatoms. The Morgan fingerprint density at radius 3 is 2.05 bits per heavy atom. The lowest BCUT2D eigenvalue weighted by molar-refractivity contribution is -0.764. The molecule has 0 bridgehead atoms. The maximum absolute atomic E-state index is 13.7. The first-order valence-corrected chi connectivity index (χ1v) is 6.64. The van der Waals surface area contributed by atoms with Gasteiger partial charge in [0.05, 0.1) is 6.42 Å². The zero-order chi connectivity index (χ0) is 15.8. The highest BCUT2D eigenvalue weighted by Crippen LogP contribution is 2.48. The number of rotatable bonds is 2. The number of halogens is 3. The van der Waals surface area contributed by atoms with Gasteiger partial charge in [-0.05, 0) is 17.7 Å². The van der Waals surface area contributed by atoms with Crippen LogP contribution in [0.15, 0.2) is 60.7 Å². The zero-order valence-electron chi connectivity index (χ0n) is 11.4. The van der Waals surface area contributed by atoms with Gasteiger partial charge < -0.3 is 4.84 Å². The number of hydrogen-bond acceptors (Lipinski definition) is 2. The highest BCUT2D eigenvalue weighted by atomic mass is 19.4. The summed E-state index contributed by atoms with van der Waals surface area (Å²) in [5.74, 6) is 0. The molecule has 22 heavy (non-hydrogen) atoms. The molecular formula is C16H12F3NO2. The molecule has 3 rings (SSSR count). The average molecular weight is 307 g/mol. The number of alkyl halides is 3. The van der Waals surface area contributed by atoms with Crippen LogP contribution in [0.1, 0.15) is 17.5 Å². The van der Waals surface area contributed by atoms with Crippen molar-refractivity contribution < 1.29 is 22.9 Å². The smallest absolute Gasteiger partial charge is 0.381 e. The van der Waals surface area contributed by atoms with Gasteiger partial charge in [-0.15, -0.1) is 0 Å². The van der Waals surface area contributed by atoms with Crippen LogP contribution in [0.2, 0.25) is 0 Å². The van der Waals surface area contributed by atoms with Crippen molar-refractivity contribution in [1.29, 1.82) is 0 Å². The molecular weight excluding hydrogens is 295 g/mol. The van der Waals surface area contributed by atoms with Gasteiger partial charge in [-0.1, -0.05) is 48.5 Å². The number of benzene rings is 2. The Morgan fingerprint density at radius 1 is 0.955 bits per heavy atom. The normalized spacial score (nSPS) is 21.8. The molecule has 0 aliphatic carbocycles. The summed E-state index contributed by atoms with van der Waals surface area (Å²) in [4.78, 5) is 4.76. The minimum absolute atomic E-state index is 0.0180. The number of hydrogen-bond donors (Lipinski definition) is 0. The third-order valence-corrected chi connectivity index (χ3v) is 3.68. The van der Waals surface area contributed by atoms with Crippen molar-refractivity contribution in [2.75, 3.05) is 0 Å². The Morgan fingerprint density at radius 2 is 1.50 bits per heavy atom. The van der Waals surface area contributed by atoms with E-state index in [0.717, 1.165) is 0 Å². The first kappa shape index (κ1) is 14.4. The molecule has 0 unspecified atom stereocenters. The van der Waals surface area contributed by atoms with Gasteiger partial charge in [-0.25, -0.2) is 0 Å². The molecule has 1 aliphatic heterocycles. The Hall–Kier alpha value is -2.50. The fourth-order valence-corrected chi connectivity index (χ4v) is 2.55. The SMILES string of the molecule is [O-][N+]1=C(c2ccccc2)C[C@@](c2ccccc2)(C(F)(F)F)O1. The Bertz CT molecular complexity index is 698. The first-order valence-electron chi connectivity index (χ1n) is 6.64. The Kier molecular flexibility index (Phi) is 3.31. The second-order valence-electron chi connectivity index (χ2n) is 5.03. The van der Waals surface area contributed by atoms with Crippen LogP contribution in [0.5, 0.6) is 0 Å². The van der Waals surface area contributed by atoms with E-state index < -0.39 is 18.2 Å². The Labute approximate surface area is 124 Å². The van der Waals surface area contributed by atoms with E-state index in [4.69, 9.17) is 4.84 Å². The molecule has 1 heterocycles. The van der Waals surface area contributed by atoms with Gasteiger partial charge in [-0.2, -0.15) is 13.2 Å². The molecule has 0 saturated heterocycles. The van der Waals surface area contributed by atoms with Gasteiger partial charge in [0.1, 0.15) is 0 Å². The predicted molar refractivity (Wildman–Crippen MR) is 74.1 cm³/mol. The van der Waals surface area contributed by atoms with E-state index in [-0.39, 0.29) is 16.2 Å². The van der Waals surface area contributed by atoms with E-state index in [1.54, 1.807) is 36.4 Å². The third kappa shape index (κ3) is 2.20. The van der Waals surface area contributed by atoms with Crippen LogP contribution in [0.3, 0.4) is 0 Å². The fraction of sp³-hybridized carbons (Fsp3) is 0.188. The van der Waals surface area contributed by atoms with Crippen LogP contribution in [-0.2, 0) is 10.4 Å². The molecule has 2 aromatic carbocycles. The fourth-order valence-electron chi connectivity index (χ4n) is 2.55. The quantitative estimate of drug-likeness (QED) is 0.792. The second kappa shape index (κ2) is 5.05. The highest BCUT2D eigenvalue weighted by Gasteiger charge is 2.62. The molecule has 1 aliphatic rings. The predicted octanol–water partition coefficient (Wildman–Crippen LogP) is 3.78. The van der Waals surface area contributed by atoms with Gasteiger partial charge >= 0.3 is 6.18 Å². The summed E-state index contributed by atoms with van der Waals surface area (Å²) in [6.07, 6.45) is -5.28. The van der Waals surface area contributed by atoms with Crippen LogP contribution in [-0.4, -0.2) is 16.8 Å². The minimum atomic E-state index is -4.71. The van der Waals surface area contributed by atoms with Crippen molar-refractivity contribution >= 4 is 5.71 Å². The van der Waals surface area contributed by atoms with E-state index in [1.165, 1.54) is 24.3 Å². The summed E-state index contributed by atoms with van der Waals surface area (Å²) in [5.41, 5.74) is -2.36. The van der Waals surface area contributed by atoms with Gasteiger partial charge in [-0.3, -0.25) is 5.21 Å². The molecule has 0 N–H and O–H groups in total. The summed E-state index contributed by atoms with van der Waals surface area (Å²) in [6.45, 7) is 0. The lowest BCUT2D eigenvalue weighted by atomic mass is 9.86. The van der Waals surface area contributed by atoms with E-state index >= 15 is 0 Å². The first-order chi connectivity index (χ1) is 10.4. The molecule has 0 spiro atoms. The summed E-state index contributed by atoms with van der Waals surface area (Å²) in [7, 11) is 0. The van der Waals surface area contributed by atoms with Crippen LogP contribution in [0.4, 0.5) is 13.2 Å². The molecule has 0 amide bonds. The van der Waals surface area contributed by atoms with Crippen molar-refractivity contribution in [3.05, 3.63) is 77.0 Å². The molecule has 114 valence electrons. The van der Waals surface area contributed by atoms with Crippen LogP contribution in [0, 0.1) is 5.21 Å². The summed E-state index contributed by atoms with van der Waals surface area (Å²) < 4.78 is 41.0. The van der Waals surface area contributed by atoms with Crippen molar-refractivity contribution in [3.8, 4) is 0 Å². The maximum atomic E-state index is 13.7. The number of nitrogens with zero attached hydrogens (tertiary/aromatic N) is 1. The second-order valence-corrected chi connectivity index (χ2v) is 5.03.